The van der Waals surface area contributed by atoms with Crippen molar-refractivity contribution in [3.63, 3.8) is 0 Å². The summed E-state index contributed by atoms with van der Waals surface area (Å²) in [5.74, 6) is -2.42. The number of esters is 1. The van der Waals surface area contributed by atoms with Crippen LogP contribution in [0, 0.1) is 0 Å². The molecule has 2 aromatic carbocycles. The van der Waals surface area contributed by atoms with Crippen LogP contribution in [0.1, 0.15) is 27.7 Å². The van der Waals surface area contributed by atoms with Crippen molar-refractivity contribution in [3.8, 4) is 5.75 Å². The highest BCUT2D eigenvalue weighted by molar-refractivity contribution is 6.51. The van der Waals surface area contributed by atoms with Gasteiger partial charge in [-0.25, -0.2) is 4.79 Å². The van der Waals surface area contributed by atoms with E-state index in [1.807, 2.05) is 0 Å². The fourth-order valence-electron chi connectivity index (χ4n) is 3.74. The molecule has 0 aliphatic carbocycles. The smallest absolute Gasteiger partial charge is 0.337 e. The summed E-state index contributed by atoms with van der Waals surface area (Å²) in [5.41, 5.74) is 0.474. The van der Waals surface area contributed by atoms with Gasteiger partial charge in [-0.3, -0.25) is 14.5 Å². The van der Waals surface area contributed by atoms with Crippen molar-refractivity contribution in [2.45, 2.75) is 6.04 Å². The minimum absolute atomic E-state index is 0.110. The number of carbonyl (C=O) groups excluding carboxylic acids is 3. The van der Waals surface area contributed by atoms with Crippen molar-refractivity contribution >= 4 is 52.3 Å². The van der Waals surface area contributed by atoms with Crippen molar-refractivity contribution < 1.29 is 33.4 Å². The molecule has 34 heavy (non-hydrogen) atoms. The van der Waals surface area contributed by atoms with Gasteiger partial charge in [-0.1, -0.05) is 23.2 Å². The fourth-order valence-corrected chi connectivity index (χ4v) is 4.38. The van der Waals surface area contributed by atoms with Gasteiger partial charge in [0.05, 0.1) is 41.7 Å². The van der Waals surface area contributed by atoms with E-state index in [0.29, 0.717) is 5.69 Å². The first-order valence-electron chi connectivity index (χ1n) is 9.84. The van der Waals surface area contributed by atoms with E-state index < -0.39 is 29.5 Å². The highest BCUT2D eigenvalue weighted by Crippen LogP contribution is 2.43. The lowest BCUT2D eigenvalue weighted by atomic mass is 9.99. The first kappa shape index (κ1) is 23.4. The fraction of sp³-hybridized carbons (Fsp3) is 0.125. The standard InChI is InChI=1S/C24H17Cl2NO7/c1-32-22-15(25)10-13(11-16(22)26)20(28)18-19(17-4-3-9-34-17)27(23(30)21(18)29)14-7-5-12(6-8-14)24(31)33-2/h3-11,19,28H,1-2H3/b20-18-. The Morgan fingerprint density at radius 2 is 1.68 bits per heavy atom. The molecule has 1 fully saturated rings. The van der Waals surface area contributed by atoms with Gasteiger partial charge in [-0.05, 0) is 48.5 Å². The van der Waals surface area contributed by atoms with E-state index in [4.69, 9.17) is 37.1 Å². The van der Waals surface area contributed by atoms with Crippen LogP contribution in [-0.2, 0) is 14.3 Å². The zero-order chi connectivity index (χ0) is 24.6. The molecule has 10 heteroatoms. The van der Waals surface area contributed by atoms with Crippen LogP contribution in [0.4, 0.5) is 5.69 Å². The lowest BCUT2D eigenvalue weighted by molar-refractivity contribution is -0.132. The molecule has 1 N–H and O–H groups in total. The van der Waals surface area contributed by atoms with Gasteiger partial charge in [0.25, 0.3) is 11.7 Å². The Kier molecular flexibility index (Phi) is 6.37. The number of anilines is 1. The first-order chi connectivity index (χ1) is 16.3. The number of ether oxygens (including phenoxy) is 2. The van der Waals surface area contributed by atoms with Crippen LogP contribution < -0.4 is 9.64 Å². The summed E-state index contributed by atoms with van der Waals surface area (Å²) >= 11 is 12.4. The van der Waals surface area contributed by atoms with Crippen molar-refractivity contribution in [1.29, 1.82) is 0 Å². The van der Waals surface area contributed by atoms with Gasteiger partial charge in [0, 0.05) is 11.3 Å². The third-order valence-corrected chi connectivity index (χ3v) is 5.86. The largest absolute Gasteiger partial charge is 0.507 e. The summed E-state index contributed by atoms with van der Waals surface area (Å²) in [7, 11) is 2.64. The molecule has 1 aliphatic rings. The molecular formula is C24H17Cl2NO7. The number of aliphatic hydroxyl groups is 1. The summed E-state index contributed by atoms with van der Waals surface area (Å²) in [6, 6.07) is 10.7. The van der Waals surface area contributed by atoms with Gasteiger partial charge < -0.3 is 19.0 Å². The maximum atomic E-state index is 13.1. The Balaban J connectivity index is 1.88. The molecule has 1 aromatic heterocycles. The number of ketones is 1. The highest BCUT2D eigenvalue weighted by Gasteiger charge is 2.48. The van der Waals surface area contributed by atoms with Crippen molar-refractivity contribution in [3.05, 3.63) is 87.3 Å². The van der Waals surface area contributed by atoms with E-state index >= 15 is 0 Å². The van der Waals surface area contributed by atoms with Gasteiger partial charge in [0.1, 0.15) is 17.6 Å². The van der Waals surface area contributed by atoms with Crippen LogP contribution in [0.25, 0.3) is 5.76 Å². The van der Waals surface area contributed by atoms with Crippen LogP contribution in [0.5, 0.6) is 5.75 Å². The quantitative estimate of drug-likeness (QED) is 0.226. The summed E-state index contributed by atoms with van der Waals surface area (Å²) in [5, 5.41) is 11.3. The minimum atomic E-state index is -1.08. The van der Waals surface area contributed by atoms with Crippen LogP contribution in [0.15, 0.2) is 64.8 Å². The number of aliphatic hydroxyl groups excluding tert-OH is 1. The van der Waals surface area contributed by atoms with Crippen molar-refractivity contribution in [2.24, 2.45) is 0 Å². The molecule has 3 aromatic rings. The van der Waals surface area contributed by atoms with Crippen molar-refractivity contribution in [2.75, 3.05) is 19.1 Å². The number of Topliss-reactive ketones (excluding diaryl/α,β-unsaturated/α-hetero) is 1. The number of rotatable bonds is 5. The number of furan rings is 1. The number of methoxy groups -OCH3 is 2. The third kappa shape index (κ3) is 3.91. The number of amides is 1. The Bertz CT molecular complexity index is 1290. The molecule has 4 rings (SSSR count). The molecule has 1 atom stereocenters. The SMILES string of the molecule is COC(=O)c1ccc(N2C(=O)C(=O)/C(=C(\O)c3cc(Cl)c(OC)c(Cl)c3)C2c2ccco2)cc1. The summed E-state index contributed by atoms with van der Waals surface area (Å²) in [6.07, 6.45) is 1.39. The third-order valence-electron chi connectivity index (χ3n) is 5.30. The topological polar surface area (TPSA) is 106 Å². The van der Waals surface area contributed by atoms with Gasteiger partial charge >= 0.3 is 5.97 Å². The van der Waals surface area contributed by atoms with E-state index in [-0.39, 0.29) is 38.3 Å². The lowest BCUT2D eigenvalue weighted by Gasteiger charge is -2.23. The van der Waals surface area contributed by atoms with Crippen LogP contribution in [-0.4, -0.2) is 37.0 Å². The Hall–Kier alpha value is -3.75. The van der Waals surface area contributed by atoms with Crippen LogP contribution in [0.3, 0.4) is 0 Å². The molecule has 8 nitrogen and oxygen atoms in total. The second-order valence-electron chi connectivity index (χ2n) is 7.20. The van der Waals surface area contributed by atoms with Crippen LogP contribution in [0.2, 0.25) is 10.0 Å². The molecular weight excluding hydrogens is 485 g/mol. The zero-order valence-electron chi connectivity index (χ0n) is 17.9. The summed E-state index contributed by atoms with van der Waals surface area (Å²) in [6.45, 7) is 0. The molecule has 174 valence electrons. The van der Waals surface area contributed by atoms with Gasteiger partial charge in [-0.15, -0.1) is 0 Å². The lowest BCUT2D eigenvalue weighted by Crippen LogP contribution is -2.29. The normalized spacial score (nSPS) is 17.2. The molecule has 0 bridgehead atoms. The van der Waals surface area contributed by atoms with Crippen molar-refractivity contribution in [1.82, 2.24) is 0 Å². The predicted molar refractivity (Wildman–Crippen MR) is 124 cm³/mol. The zero-order valence-corrected chi connectivity index (χ0v) is 19.4. The number of benzene rings is 2. The first-order valence-corrected chi connectivity index (χ1v) is 10.6. The number of hydrogen-bond donors (Lipinski definition) is 1. The molecule has 1 unspecified atom stereocenters. The van der Waals surface area contributed by atoms with E-state index in [1.165, 1.54) is 61.8 Å². The van der Waals surface area contributed by atoms with E-state index in [0.717, 1.165) is 0 Å². The molecule has 1 aliphatic heterocycles. The average molecular weight is 502 g/mol. The summed E-state index contributed by atoms with van der Waals surface area (Å²) < 4.78 is 15.3. The molecule has 0 spiro atoms. The molecule has 2 heterocycles. The van der Waals surface area contributed by atoms with Gasteiger partial charge in [-0.2, -0.15) is 0 Å². The van der Waals surface area contributed by atoms with Crippen LogP contribution >= 0.6 is 23.2 Å². The van der Waals surface area contributed by atoms with E-state index in [9.17, 15) is 19.5 Å². The monoisotopic (exact) mass is 501 g/mol. The van der Waals surface area contributed by atoms with E-state index in [2.05, 4.69) is 0 Å². The predicted octanol–water partition coefficient (Wildman–Crippen LogP) is 5.01. The van der Waals surface area contributed by atoms with E-state index in [1.54, 1.807) is 12.1 Å². The summed E-state index contributed by atoms with van der Waals surface area (Å²) in [4.78, 5) is 39.2. The molecule has 0 radical (unpaired) electrons. The number of carbonyl (C=O) groups is 3. The molecule has 1 amide bonds. The number of hydrogen-bond acceptors (Lipinski definition) is 7. The number of halogens is 2. The Morgan fingerprint density at radius 3 is 2.21 bits per heavy atom. The molecule has 0 saturated carbocycles. The van der Waals surface area contributed by atoms with Gasteiger partial charge in [0.2, 0.25) is 0 Å². The average Bonchev–Trinajstić information content (AvgIpc) is 3.45. The highest BCUT2D eigenvalue weighted by atomic mass is 35.5. The second kappa shape index (κ2) is 9.24. The minimum Gasteiger partial charge on any atom is -0.507 e. The Labute approximate surface area is 203 Å². The maximum Gasteiger partial charge on any atom is 0.337 e. The van der Waals surface area contributed by atoms with Gasteiger partial charge in [0.15, 0.2) is 5.75 Å². The Morgan fingerprint density at radius 1 is 1.03 bits per heavy atom. The molecule has 1 saturated heterocycles. The number of nitrogens with zero attached hydrogens (tertiary/aromatic N) is 1. The second-order valence-corrected chi connectivity index (χ2v) is 8.01. The maximum absolute atomic E-state index is 13.1.